The van der Waals surface area contributed by atoms with Crippen LogP contribution in [0.25, 0.3) is 11.4 Å². The van der Waals surface area contributed by atoms with Crippen molar-refractivity contribution in [3.8, 4) is 11.4 Å². The van der Waals surface area contributed by atoms with Gasteiger partial charge >= 0.3 is 0 Å². The fraction of sp³-hybridized carbons (Fsp3) is 0.240. The molecule has 4 aromatic rings. The number of benzene rings is 2. The summed E-state index contributed by atoms with van der Waals surface area (Å²) < 4.78 is 29.6. The largest absolute Gasteiger partial charge is 0.338 e. The fourth-order valence-electron chi connectivity index (χ4n) is 4.12. The van der Waals surface area contributed by atoms with E-state index in [2.05, 4.69) is 25.6 Å². The van der Waals surface area contributed by atoms with Crippen molar-refractivity contribution in [2.45, 2.75) is 31.6 Å². The number of rotatable bonds is 5. The van der Waals surface area contributed by atoms with Crippen LogP contribution < -0.4 is 10.6 Å². The van der Waals surface area contributed by atoms with Gasteiger partial charge in [0.15, 0.2) is 5.82 Å². The molecule has 0 amide bonds. The van der Waals surface area contributed by atoms with Crippen LogP contribution >= 0.6 is 11.6 Å². The highest BCUT2D eigenvalue weighted by Crippen LogP contribution is 2.34. The summed E-state index contributed by atoms with van der Waals surface area (Å²) in [5.74, 6) is -1.02. The lowest BCUT2D eigenvalue weighted by Gasteiger charge is -2.14. The Balaban J connectivity index is 1.39. The second kappa shape index (κ2) is 9.02. The van der Waals surface area contributed by atoms with Gasteiger partial charge in [-0.3, -0.25) is 0 Å². The summed E-state index contributed by atoms with van der Waals surface area (Å²) in [4.78, 5) is 13.3. The summed E-state index contributed by atoms with van der Waals surface area (Å²) in [7, 11) is 1.93. The fourth-order valence-corrected chi connectivity index (χ4v) is 4.26. The highest BCUT2D eigenvalue weighted by atomic mass is 35.5. The van der Waals surface area contributed by atoms with Gasteiger partial charge in [0.25, 0.3) is 0 Å². The molecule has 1 aliphatic rings. The van der Waals surface area contributed by atoms with E-state index in [1.165, 1.54) is 6.20 Å². The van der Waals surface area contributed by atoms with Crippen molar-refractivity contribution < 1.29 is 8.78 Å². The van der Waals surface area contributed by atoms with Gasteiger partial charge in [0.05, 0.1) is 11.9 Å². The lowest BCUT2D eigenvalue weighted by Crippen LogP contribution is -2.15. The molecule has 2 heterocycles. The standard InChI is InChI=1S/C25H23ClF2N6/c1-34-13-12-29-23(34)19-4-2-3-5-21(19)32-22-20(26)15-30-24(33-22)31-18-7-6-16-8-10-25(27,28)11-9-17(16)14-18/h2-7,12-15H,8-11H2,1H3,(H2,30,31,32,33). The molecule has 1 aliphatic carbocycles. The summed E-state index contributed by atoms with van der Waals surface area (Å²) in [6.45, 7) is 0. The number of alkyl halides is 2. The number of hydrogen-bond donors (Lipinski definition) is 2. The molecule has 0 fully saturated rings. The van der Waals surface area contributed by atoms with Crippen LogP contribution in [-0.2, 0) is 19.9 Å². The molecule has 0 unspecified atom stereocenters. The Morgan fingerprint density at radius 2 is 1.79 bits per heavy atom. The van der Waals surface area contributed by atoms with Crippen molar-refractivity contribution in [3.63, 3.8) is 0 Å². The summed E-state index contributed by atoms with van der Waals surface area (Å²) >= 11 is 6.39. The molecule has 2 aromatic heterocycles. The van der Waals surface area contributed by atoms with Crippen molar-refractivity contribution in [1.29, 1.82) is 0 Å². The number of imidazole rings is 1. The number of hydrogen-bond acceptors (Lipinski definition) is 5. The first kappa shape index (κ1) is 22.3. The molecule has 0 saturated heterocycles. The Kier molecular flexibility index (Phi) is 5.91. The smallest absolute Gasteiger partial charge is 0.248 e. The minimum atomic E-state index is -2.61. The van der Waals surface area contributed by atoms with Gasteiger partial charge in [0.1, 0.15) is 10.8 Å². The van der Waals surface area contributed by atoms with Crippen LogP contribution in [0.15, 0.2) is 61.1 Å². The van der Waals surface area contributed by atoms with Gasteiger partial charge in [0.2, 0.25) is 11.9 Å². The van der Waals surface area contributed by atoms with Gasteiger partial charge in [-0.15, -0.1) is 0 Å². The van der Waals surface area contributed by atoms with E-state index in [1.54, 1.807) is 6.20 Å². The summed E-state index contributed by atoms with van der Waals surface area (Å²) in [6.07, 6.45) is 5.62. The van der Waals surface area contributed by atoms with E-state index >= 15 is 0 Å². The Morgan fingerprint density at radius 1 is 1.00 bits per heavy atom. The van der Waals surface area contributed by atoms with Crippen molar-refractivity contribution in [3.05, 3.63) is 77.2 Å². The molecule has 0 atom stereocenters. The number of nitrogens with zero attached hydrogens (tertiary/aromatic N) is 4. The Morgan fingerprint density at radius 3 is 2.59 bits per heavy atom. The maximum Gasteiger partial charge on any atom is 0.248 e. The van der Waals surface area contributed by atoms with Crippen LogP contribution in [0.1, 0.15) is 24.0 Å². The van der Waals surface area contributed by atoms with Crippen LogP contribution in [0.5, 0.6) is 0 Å². The van der Waals surface area contributed by atoms with Gasteiger partial charge in [-0.05, 0) is 48.2 Å². The van der Waals surface area contributed by atoms with E-state index in [9.17, 15) is 8.78 Å². The number of halogens is 3. The zero-order valence-corrected chi connectivity index (χ0v) is 19.3. The van der Waals surface area contributed by atoms with E-state index < -0.39 is 5.92 Å². The van der Waals surface area contributed by atoms with Gasteiger partial charge in [-0.2, -0.15) is 4.98 Å². The second-order valence-corrected chi connectivity index (χ2v) is 8.79. The number of fused-ring (bicyclic) bond motifs is 1. The summed E-state index contributed by atoms with van der Waals surface area (Å²) in [5.41, 5.74) is 4.34. The van der Waals surface area contributed by atoms with E-state index in [0.717, 1.165) is 33.9 Å². The van der Waals surface area contributed by atoms with Crippen LogP contribution in [0.3, 0.4) is 0 Å². The van der Waals surface area contributed by atoms with E-state index in [4.69, 9.17) is 11.6 Å². The van der Waals surface area contributed by atoms with Crippen molar-refractivity contribution in [2.24, 2.45) is 7.05 Å². The zero-order chi connectivity index (χ0) is 23.7. The number of para-hydroxylation sites is 1. The lowest BCUT2D eigenvalue weighted by atomic mass is 10.0. The Hall–Kier alpha value is -3.52. The molecule has 0 bridgehead atoms. The monoisotopic (exact) mass is 480 g/mol. The SMILES string of the molecule is Cn1ccnc1-c1ccccc1Nc1nc(Nc2ccc3c(c2)CCC(F)(F)CC3)ncc1Cl. The molecule has 5 rings (SSSR count). The molecule has 0 radical (unpaired) electrons. The first-order valence-corrected chi connectivity index (χ1v) is 11.4. The van der Waals surface area contributed by atoms with Gasteiger partial charge in [-0.25, -0.2) is 18.7 Å². The van der Waals surface area contributed by atoms with E-state index in [-0.39, 0.29) is 12.8 Å². The quantitative estimate of drug-likeness (QED) is 0.318. The van der Waals surface area contributed by atoms with E-state index in [0.29, 0.717) is 29.6 Å². The Bertz CT molecular complexity index is 1340. The summed E-state index contributed by atoms with van der Waals surface area (Å²) in [6, 6.07) is 13.4. The van der Waals surface area contributed by atoms with Crippen molar-refractivity contribution in [2.75, 3.05) is 10.6 Å². The van der Waals surface area contributed by atoms with E-state index in [1.807, 2.05) is 60.3 Å². The maximum absolute atomic E-state index is 13.8. The van der Waals surface area contributed by atoms with Crippen molar-refractivity contribution >= 4 is 34.7 Å². The lowest BCUT2D eigenvalue weighted by molar-refractivity contribution is -0.0130. The first-order chi connectivity index (χ1) is 16.4. The molecular weight excluding hydrogens is 458 g/mol. The predicted octanol–water partition coefficient (Wildman–Crippen LogP) is 6.53. The zero-order valence-electron chi connectivity index (χ0n) is 18.5. The Labute approximate surface area is 201 Å². The van der Waals surface area contributed by atoms with Crippen LogP contribution in [0.2, 0.25) is 5.02 Å². The average molecular weight is 481 g/mol. The molecular formula is C25H23ClF2N6. The van der Waals surface area contributed by atoms with Gasteiger partial charge < -0.3 is 15.2 Å². The van der Waals surface area contributed by atoms with Gasteiger partial charge in [0, 0.05) is 43.5 Å². The number of aryl methyl sites for hydroxylation is 3. The molecule has 34 heavy (non-hydrogen) atoms. The third kappa shape index (κ3) is 4.72. The molecule has 0 saturated carbocycles. The van der Waals surface area contributed by atoms with Crippen molar-refractivity contribution in [1.82, 2.24) is 19.5 Å². The molecule has 0 aliphatic heterocycles. The molecule has 9 heteroatoms. The third-order valence-corrected chi connectivity index (χ3v) is 6.25. The predicted molar refractivity (Wildman–Crippen MR) is 130 cm³/mol. The number of aromatic nitrogens is 4. The average Bonchev–Trinajstić information content (AvgIpc) is 3.18. The highest BCUT2D eigenvalue weighted by Gasteiger charge is 2.31. The third-order valence-electron chi connectivity index (χ3n) is 5.97. The molecule has 2 N–H and O–H groups in total. The molecule has 0 spiro atoms. The minimum absolute atomic E-state index is 0.109. The maximum atomic E-state index is 13.8. The normalized spacial score (nSPS) is 14.8. The number of anilines is 4. The number of nitrogens with one attached hydrogen (secondary N) is 2. The van der Waals surface area contributed by atoms with Gasteiger partial charge in [-0.1, -0.05) is 29.8 Å². The molecule has 2 aromatic carbocycles. The highest BCUT2D eigenvalue weighted by molar-refractivity contribution is 6.33. The molecule has 174 valence electrons. The second-order valence-electron chi connectivity index (χ2n) is 8.39. The first-order valence-electron chi connectivity index (χ1n) is 11.0. The molecule has 6 nitrogen and oxygen atoms in total. The van der Waals surface area contributed by atoms with Crippen LogP contribution in [0, 0.1) is 0 Å². The van der Waals surface area contributed by atoms with Crippen LogP contribution in [0.4, 0.5) is 31.9 Å². The topological polar surface area (TPSA) is 67.7 Å². The minimum Gasteiger partial charge on any atom is -0.338 e. The summed E-state index contributed by atoms with van der Waals surface area (Å²) in [5, 5.41) is 6.83. The van der Waals surface area contributed by atoms with Crippen LogP contribution in [-0.4, -0.2) is 25.4 Å².